The Labute approximate surface area is 68.5 Å². The maximum atomic E-state index is 10.4. The van der Waals surface area contributed by atoms with Gasteiger partial charge in [-0.1, -0.05) is 0 Å². The van der Waals surface area contributed by atoms with Crippen LogP contribution in [-0.2, 0) is 0 Å². The summed E-state index contributed by atoms with van der Waals surface area (Å²) in [6.45, 7) is 1.97. The SMILES string of the molecule is CSc1cc(C=O)c(C)s1. The van der Waals surface area contributed by atoms with Crippen molar-refractivity contribution in [3.05, 3.63) is 16.5 Å². The van der Waals surface area contributed by atoms with Gasteiger partial charge < -0.3 is 0 Å². The van der Waals surface area contributed by atoms with E-state index in [0.717, 1.165) is 16.7 Å². The molecule has 0 N–H and O–H groups in total. The Morgan fingerprint density at radius 2 is 2.40 bits per heavy atom. The molecule has 0 aromatic carbocycles. The molecule has 10 heavy (non-hydrogen) atoms. The van der Waals surface area contributed by atoms with Crippen molar-refractivity contribution in [1.29, 1.82) is 0 Å². The lowest BCUT2D eigenvalue weighted by Crippen LogP contribution is -1.73. The smallest absolute Gasteiger partial charge is 0.151 e. The van der Waals surface area contributed by atoms with Crippen LogP contribution >= 0.6 is 23.1 Å². The van der Waals surface area contributed by atoms with Crippen LogP contribution in [-0.4, -0.2) is 12.5 Å². The maximum absolute atomic E-state index is 10.4. The van der Waals surface area contributed by atoms with Crippen LogP contribution in [0.3, 0.4) is 0 Å². The molecule has 0 spiro atoms. The summed E-state index contributed by atoms with van der Waals surface area (Å²) in [5, 5.41) is 0. The molecular formula is C7H8OS2. The highest BCUT2D eigenvalue weighted by Crippen LogP contribution is 2.27. The summed E-state index contributed by atoms with van der Waals surface area (Å²) < 4.78 is 1.21. The van der Waals surface area contributed by atoms with Crippen molar-refractivity contribution in [2.75, 3.05) is 6.26 Å². The van der Waals surface area contributed by atoms with Gasteiger partial charge in [0.1, 0.15) is 0 Å². The standard InChI is InChI=1S/C7H8OS2/c1-5-6(4-8)3-7(9-2)10-5/h3-4H,1-2H3. The Morgan fingerprint density at radius 3 is 2.70 bits per heavy atom. The molecule has 1 aromatic heterocycles. The number of thioether (sulfide) groups is 1. The number of rotatable bonds is 2. The van der Waals surface area contributed by atoms with Gasteiger partial charge in [0, 0.05) is 10.4 Å². The first-order valence-electron chi connectivity index (χ1n) is 2.87. The topological polar surface area (TPSA) is 17.1 Å². The molecule has 0 radical (unpaired) electrons. The van der Waals surface area contributed by atoms with Crippen molar-refractivity contribution < 1.29 is 4.79 Å². The highest BCUT2D eigenvalue weighted by molar-refractivity contribution is 8.00. The van der Waals surface area contributed by atoms with Crippen LogP contribution < -0.4 is 0 Å². The minimum atomic E-state index is 0.828. The molecule has 1 heterocycles. The van der Waals surface area contributed by atoms with Gasteiger partial charge in [0.25, 0.3) is 0 Å². The van der Waals surface area contributed by atoms with Gasteiger partial charge in [0.05, 0.1) is 4.21 Å². The molecule has 0 aliphatic rings. The van der Waals surface area contributed by atoms with E-state index in [-0.39, 0.29) is 0 Å². The fourth-order valence-corrected chi connectivity index (χ4v) is 2.35. The molecule has 0 aliphatic carbocycles. The van der Waals surface area contributed by atoms with E-state index >= 15 is 0 Å². The van der Waals surface area contributed by atoms with E-state index < -0.39 is 0 Å². The normalized spacial score (nSPS) is 9.80. The van der Waals surface area contributed by atoms with E-state index in [4.69, 9.17) is 0 Å². The summed E-state index contributed by atoms with van der Waals surface area (Å²) in [5.41, 5.74) is 0.828. The number of aldehydes is 1. The fourth-order valence-electron chi connectivity index (χ4n) is 0.685. The number of hydrogen-bond donors (Lipinski definition) is 0. The van der Waals surface area contributed by atoms with Crippen molar-refractivity contribution in [3.63, 3.8) is 0 Å². The van der Waals surface area contributed by atoms with Crippen molar-refractivity contribution in [2.24, 2.45) is 0 Å². The van der Waals surface area contributed by atoms with Gasteiger partial charge >= 0.3 is 0 Å². The predicted octanol–water partition coefficient (Wildman–Crippen LogP) is 2.59. The van der Waals surface area contributed by atoms with Crippen molar-refractivity contribution in [3.8, 4) is 0 Å². The fraction of sp³-hybridized carbons (Fsp3) is 0.286. The third-order valence-electron chi connectivity index (χ3n) is 1.26. The summed E-state index contributed by atoms with van der Waals surface area (Å²) in [4.78, 5) is 11.5. The molecule has 1 aromatic rings. The molecule has 1 rings (SSSR count). The molecule has 3 heteroatoms. The second-order valence-corrected chi connectivity index (χ2v) is 4.26. The minimum Gasteiger partial charge on any atom is -0.298 e. The van der Waals surface area contributed by atoms with Crippen molar-refractivity contribution in [2.45, 2.75) is 11.1 Å². The molecule has 0 amide bonds. The summed E-state index contributed by atoms with van der Waals surface area (Å²) >= 11 is 3.35. The Kier molecular flexibility index (Phi) is 2.51. The van der Waals surface area contributed by atoms with E-state index in [0.29, 0.717) is 0 Å². The largest absolute Gasteiger partial charge is 0.298 e. The molecule has 0 saturated carbocycles. The highest BCUT2D eigenvalue weighted by Gasteiger charge is 2.01. The van der Waals surface area contributed by atoms with Gasteiger partial charge in [0.2, 0.25) is 0 Å². The number of carbonyl (C=O) groups excluding carboxylic acids is 1. The van der Waals surface area contributed by atoms with E-state index in [1.165, 1.54) is 4.21 Å². The predicted molar refractivity (Wildman–Crippen MR) is 46.2 cm³/mol. The van der Waals surface area contributed by atoms with Gasteiger partial charge in [-0.05, 0) is 19.2 Å². The lowest BCUT2D eigenvalue weighted by atomic mass is 10.3. The first kappa shape index (κ1) is 7.82. The van der Waals surface area contributed by atoms with E-state index in [1.807, 2.05) is 19.2 Å². The summed E-state index contributed by atoms with van der Waals surface area (Å²) in [5.74, 6) is 0. The van der Waals surface area contributed by atoms with Crippen LogP contribution in [0.25, 0.3) is 0 Å². The Balaban J connectivity index is 3.03. The maximum Gasteiger partial charge on any atom is 0.151 e. The lowest BCUT2D eigenvalue weighted by Gasteiger charge is -1.80. The number of hydrogen-bond acceptors (Lipinski definition) is 3. The molecule has 0 fully saturated rings. The van der Waals surface area contributed by atoms with E-state index in [9.17, 15) is 4.79 Å². The minimum absolute atomic E-state index is 0.828. The Hall–Kier alpha value is -0.280. The first-order chi connectivity index (χ1) is 4.77. The number of thiophene rings is 1. The summed E-state index contributed by atoms with van der Waals surface area (Å²) in [6.07, 6.45) is 2.92. The quantitative estimate of drug-likeness (QED) is 0.504. The third-order valence-corrected chi connectivity index (χ3v) is 3.39. The zero-order chi connectivity index (χ0) is 7.56. The van der Waals surface area contributed by atoms with Crippen LogP contribution in [0.2, 0.25) is 0 Å². The molecule has 0 atom stereocenters. The van der Waals surface area contributed by atoms with Crippen LogP contribution in [0.4, 0.5) is 0 Å². The van der Waals surface area contributed by atoms with Crippen molar-refractivity contribution in [1.82, 2.24) is 0 Å². The van der Waals surface area contributed by atoms with E-state index in [1.54, 1.807) is 23.1 Å². The molecule has 0 aliphatic heterocycles. The molecule has 1 nitrogen and oxygen atoms in total. The van der Waals surface area contributed by atoms with Crippen molar-refractivity contribution >= 4 is 29.4 Å². The number of aryl methyl sites for hydroxylation is 1. The van der Waals surface area contributed by atoms with Gasteiger partial charge in [-0.15, -0.1) is 23.1 Å². The highest BCUT2D eigenvalue weighted by atomic mass is 32.2. The van der Waals surface area contributed by atoms with Crippen LogP contribution in [0.1, 0.15) is 15.2 Å². The Morgan fingerprint density at radius 1 is 1.70 bits per heavy atom. The Bertz CT molecular complexity index is 240. The summed E-state index contributed by atoms with van der Waals surface area (Å²) in [7, 11) is 0. The molecule has 0 bridgehead atoms. The van der Waals surface area contributed by atoms with Gasteiger partial charge in [-0.3, -0.25) is 4.79 Å². The summed E-state index contributed by atoms with van der Waals surface area (Å²) in [6, 6.07) is 1.93. The average Bonchev–Trinajstić information content (AvgIpc) is 2.30. The third kappa shape index (κ3) is 1.41. The second-order valence-electron chi connectivity index (χ2n) is 1.90. The zero-order valence-corrected chi connectivity index (χ0v) is 7.51. The van der Waals surface area contributed by atoms with Crippen LogP contribution in [0.15, 0.2) is 10.3 Å². The monoisotopic (exact) mass is 172 g/mol. The average molecular weight is 172 g/mol. The van der Waals surface area contributed by atoms with Gasteiger partial charge in [-0.2, -0.15) is 0 Å². The van der Waals surface area contributed by atoms with Crippen LogP contribution in [0.5, 0.6) is 0 Å². The zero-order valence-electron chi connectivity index (χ0n) is 5.88. The first-order valence-corrected chi connectivity index (χ1v) is 4.91. The van der Waals surface area contributed by atoms with Crippen LogP contribution in [0, 0.1) is 6.92 Å². The second kappa shape index (κ2) is 3.21. The molecule has 0 unspecified atom stereocenters. The van der Waals surface area contributed by atoms with Gasteiger partial charge in [-0.25, -0.2) is 0 Å². The number of carbonyl (C=O) groups is 1. The van der Waals surface area contributed by atoms with Gasteiger partial charge in [0.15, 0.2) is 6.29 Å². The molecule has 0 saturated heterocycles. The molecular weight excluding hydrogens is 164 g/mol. The molecule has 54 valence electrons. The van der Waals surface area contributed by atoms with E-state index in [2.05, 4.69) is 0 Å². The lowest BCUT2D eigenvalue weighted by molar-refractivity contribution is 0.112.